The van der Waals surface area contributed by atoms with Gasteiger partial charge in [0, 0.05) is 6.92 Å². The van der Waals surface area contributed by atoms with Crippen molar-refractivity contribution in [1.82, 2.24) is 0 Å². The lowest BCUT2D eigenvalue weighted by Gasteiger charge is -1.89. The Bertz CT molecular complexity index is 143. The monoisotopic (exact) mass is 228 g/mol. The Morgan fingerprint density at radius 3 is 1.50 bits per heavy atom. The maximum absolute atomic E-state index is 9.82. The van der Waals surface area contributed by atoms with E-state index in [0.717, 1.165) is 0 Å². The van der Waals surface area contributed by atoms with E-state index in [0.29, 0.717) is 6.61 Å². The van der Waals surface area contributed by atoms with Gasteiger partial charge in [-0.2, -0.15) is 0 Å². The lowest BCUT2D eigenvalue weighted by atomic mass is 10.6. The number of Topliss-reactive ketones (excluding diaryl/α,β-unsaturated/α-hetero) is 1. The third kappa shape index (κ3) is 296. The Balaban J connectivity index is -0.0000000553. The zero-order chi connectivity index (χ0) is 11.3. The van der Waals surface area contributed by atoms with Crippen LogP contribution < -0.4 is 0 Å². The Hall–Kier alpha value is -1.10. The minimum Gasteiger partial charge on any atom is -0.483 e. The number of rotatable bonds is 1. The van der Waals surface area contributed by atoms with Gasteiger partial charge in [-0.1, -0.05) is 0 Å². The fraction of sp³-hybridized carbons (Fsp3) is 0.625. The van der Waals surface area contributed by atoms with Crippen LogP contribution >= 0.6 is 12.4 Å². The lowest BCUT2D eigenvalue weighted by Crippen LogP contribution is -1.95. The molecular formula is C8H17ClO5. The number of ether oxygens (including phenoxy) is 1. The average molecular weight is 229 g/mol. The summed E-state index contributed by atoms with van der Waals surface area (Å²) in [5.74, 6) is -0.0440. The molecule has 1 N–H and O–H groups in total. The zero-order valence-corrected chi connectivity index (χ0v) is 9.59. The smallest absolute Gasteiger partial charge is 0.302 e. The molecule has 0 aromatic carbocycles. The molecular weight excluding hydrogens is 212 g/mol. The van der Waals surface area contributed by atoms with Gasteiger partial charge in [-0.3, -0.25) is 9.59 Å². The Morgan fingerprint density at radius 2 is 1.50 bits per heavy atom. The van der Waals surface area contributed by atoms with Gasteiger partial charge in [-0.05, 0) is 20.8 Å². The number of hydrogen-bond donors (Lipinski definition) is 1. The topological polar surface area (TPSA) is 80.7 Å². The number of esters is 1. The molecule has 14 heavy (non-hydrogen) atoms. The molecule has 0 aromatic rings. The number of halogens is 1. The molecule has 0 radical (unpaired) electrons. The van der Waals surface area contributed by atoms with Crippen LogP contribution in [0.5, 0.6) is 0 Å². The van der Waals surface area contributed by atoms with Gasteiger partial charge >= 0.3 is 5.97 Å². The van der Waals surface area contributed by atoms with Crippen LogP contribution in [0.2, 0.25) is 0 Å². The first kappa shape index (κ1) is 23.1. The van der Waals surface area contributed by atoms with Gasteiger partial charge in [-0.25, -0.2) is 0 Å². The number of hydrogen-bond acceptors (Lipinski definition) is 4. The molecule has 0 aliphatic rings. The van der Waals surface area contributed by atoms with E-state index >= 15 is 0 Å². The zero-order valence-electron chi connectivity index (χ0n) is 8.77. The summed E-state index contributed by atoms with van der Waals surface area (Å²) < 4.78 is 4.40. The molecule has 0 amide bonds. The van der Waals surface area contributed by atoms with E-state index in [1.165, 1.54) is 20.8 Å². The van der Waals surface area contributed by atoms with Crippen molar-refractivity contribution < 1.29 is 24.2 Å². The first-order valence-electron chi connectivity index (χ1n) is 3.60. The third-order valence-corrected chi connectivity index (χ3v) is 0.348. The van der Waals surface area contributed by atoms with Crippen LogP contribution in [0.4, 0.5) is 0 Å². The van der Waals surface area contributed by atoms with Crippen LogP contribution in [0.15, 0.2) is 0 Å². The van der Waals surface area contributed by atoms with Crippen molar-refractivity contribution >= 4 is 30.6 Å². The van der Waals surface area contributed by atoms with Gasteiger partial charge in [0.25, 0.3) is 6.47 Å². The maximum Gasteiger partial charge on any atom is 0.302 e. The summed E-state index contributed by atoms with van der Waals surface area (Å²) in [6.45, 7) is 6.46. The van der Waals surface area contributed by atoms with Gasteiger partial charge in [0.15, 0.2) is 0 Å². The maximum atomic E-state index is 9.82. The highest BCUT2D eigenvalue weighted by Crippen LogP contribution is 1.69. The summed E-state index contributed by atoms with van der Waals surface area (Å²) in [6.07, 6.45) is 0. The average Bonchev–Trinajstić information content (AvgIpc) is 1.86. The number of ketones is 1. The molecule has 0 aliphatic heterocycles. The molecule has 0 spiro atoms. The van der Waals surface area contributed by atoms with Crippen LogP contribution in [0.1, 0.15) is 27.7 Å². The molecule has 0 bridgehead atoms. The SMILES string of the molecule is CC(C)=O.CCOC(C)=O.Cl.O=CO. The molecule has 0 unspecified atom stereocenters. The van der Waals surface area contributed by atoms with Gasteiger partial charge < -0.3 is 14.6 Å². The van der Waals surface area contributed by atoms with Crippen LogP contribution in [-0.4, -0.2) is 29.9 Å². The van der Waals surface area contributed by atoms with Crippen molar-refractivity contribution in [3.63, 3.8) is 0 Å². The number of carbonyl (C=O) groups excluding carboxylic acids is 2. The number of carboxylic acid groups (broad SMARTS) is 1. The van der Waals surface area contributed by atoms with E-state index in [-0.39, 0.29) is 30.6 Å². The summed E-state index contributed by atoms with van der Waals surface area (Å²) >= 11 is 0. The van der Waals surface area contributed by atoms with E-state index in [1.807, 2.05) is 0 Å². The van der Waals surface area contributed by atoms with Crippen molar-refractivity contribution in [2.45, 2.75) is 27.7 Å². The van der Waals surface area contributed by atoms with Crippen LogP contribution in [-0.2, 0) is 19.1 Å². The van der Waals surface area contributed by atoms with Gasteiger partial charge in [-0.15, -0.1) is 12.4 Å². The quantitative estimate of drug-likeness (QED) is 0.540. The predicted octanol–water partition coefficient (Wildman–Crippen LogP) is 1.29. The highest BCUT2D eigenvalue weighted by Gasteiger charge is 1.81. The second-order valence-corrected chi connectivity index (χ2v) is 1.94. The molecule has 6 heteroatoms. The Kier molecular flexibility index (Phi) is 37.3. The fourth-order valence-corrected chi connectivity index (χ4v) is 0.203. The first-order valence-corrected chi connectivity index (χ1v) is 3.60. The molecule has 0 aromatic heterocycles. The first-order chi connectivity index (χ1) is 5.92. The molecule has 0 fully saturated rings. The lowest BCUT2D eigenvalue weighted by molar-refractivity contribution is -0.140. The van der Waals surface area contributed by atoms with E-state index < -0.39 is 0 Å². The summed E-state index contributed by atoms with van der Waals surface area (Å²) in [4.78, 5) is 27.6. The van der Waals surface area contributed by atoms with Crippen molar-refractivity contribution in [2.75, 3.05) is 6.61 Å². The minimum absolute atomic E-state index is 0. The molecule has 0 rings (SSSR count). The molecule has 0 saturated heterocycles. The van der Waals surface area contributed by atoms with E-state index in [1.54, 1.807) is 6.92 Å². The minimum atomic E-state index is -0.250. The predicted molar refractivity (Wildman–Crippen MR) is 54.6 cm³/mol. The van der Waals surface area contributed by atoms with E-state index in [9.17, 15) is 9.59 Å². The summed E-state index contributed by atoms with van der Waals surface area (Å²) in [5, 5.41) is 6.89. The summed E-state index contributed by atoms with van der Waals surface area (Å²) in [7, 11) is 0. The molecule has 0 saturated carbocycles. The van der Waals surface area contributed by atoms with Crippen molar-refractivity contribution in [3.05, 3.63) is 0 Å². The Labute approximate surface area is 89.9 Å². The van der Waals surface area contributed by atoms with Crippen LogP contribution in [0, 0.1) is 0 Å². The third-order valence-electron chi connectivity index (χ3n) is 0.348. The summed E-state index contributed by atoms with van der Waals surface area (Å²) in [5.41, 5.74) is 0. The summed E-state index contributed by atoms with van der Waals surface area (Å²) in [6, 6.07) is 0. The molecule has 0 heterocycles. The highest BCUT2D eigenvalue weighted by atomic mass is 35.5. The molecule has 0 atom stereocenters. The van der Waals surface area contributed by atoms with Crippen LogP contribution in [0.3, 0.4) is 0 Å². The van der Waals surface area contributed by atoms with Gasteiger partial charge in [0.05, 0.1) is 6.61 Å². The van der Waals surface area contributed by atoms with Gasteiger partial charge in [0.2, 0.25) is 0 Å². The normalized spacial score (nSPS) is 6.00. The van der Waals surface area contributed by atoms with E-state index in [2.05, 4.69) is 4.74 Å². The van der Waals surface area contributed by atoms with Crippen LogP contribution in [0.25, 0.3) is 0 Å². The molecule has 5 nitrogen and oxygen atoms in total. The number of carbonyl (C=O) groups is 3. The second kappa shape index (κ2) is 22.7. The second-order valence-electron chi connectivity index (χ2n) is 1.94. The standard InChI is InChI=1S/C4H8O2.C3H6O.CH2O2.ClH/c1-3-6-4(2)5;1-3(2)4;2-1-3;/h3H2,1-2H3;1-2H3;1H,(H,2,3);1H. The molecule has 86 valence electrons. The van der Waals surface area contributed by atoms with Crippen molar-refractivity contribution in [2.24, 2.45) is 0 Å². The largest absolute Gasteiger partial charge is 0.483 e. The highest BCUT2D eigenvalue weighted by molar-refractivity contribution is 5.85. The van der Waals surface area contributed by atoms with Crippen molar-refractivity contribution in [1.29, 1.82) is 0 Å². The molecule has 0 aliphatic carbocycles. The van der Waals surface area contributed by atoms with Gasteiger partial charge in [0.1, 0.15) is 5.78 Å². The Morgan fingerprint density at radius 1 is 1.29 bits per heavy atom. The van der Waals surface area contributed by atoms with E-state index in [4.69, 9.17) is 9.90 Å². The van der Waals surface area contributed by atoms with Crippen molar-refractivity contribution in [3.8, 4) is 0 Å². The fourth-order valence-electron chi connectivity index (χ4n) is 0.203.